The van der Waals surface area contributed by atoms with Crippen molar-refractivity contribution in [3.05, 3.63) is 100 Å². The second-order valence-corrected chi connectivity index (χ2v) is 7.29. The number of nitrogens with one attached hydrogen (secondary N) is 2. The molecule has 0 atom stereocenters. The maximum absolute atomic E-state index is 12.3. The van der Waals surface area contributed by atoms with E-state index in [1.807, 2.05) is 38.1 Å². The Kier molecular flexibility index (Phi) is 5.66. The van der Waals surface area contributed by atoms with Gasteiger partial charge in [-0.25, -0.2) is 9.78 Å². The number of amides is 2. The SMILES string of the molecule is Cc1cc(C)cc(NC(=O)Nc2cccc(OCc3cc(=O)n4ccccc4n3)c2)c1. The third-order valence-electron chi connectivity index (χ3n) is 4.58. The van der Waals surface area contributed by atoms with Gasteiger partial charge in [-0.1, -0.05) is 18.2 Å². The fourth-order valence-electron chi connectivity index (χ4n) is 3.34. The fourth-order valence-corrected chi connectivity index (χ4v) is 3.34. The van der Waals surface area contributed by atoms with Gasteiger partial charge in [-0.05, 0) is 61.4 Å². The van der Waals surface area contributed by atoms with Gasteiger partial charge in [0.2, 0.25) is 0 Å². The van der Waals surface area contributed by atoms with Crippen LogP contribution in [0.3, 0.4) is 0 Å². The summed E-state index contributed by atoms with van der Waals surface area (Å²) >= 11 is 0. The van der Waals surface area contributed by atoms with E-state index in [1.165, 1.54) is 10.5 Å². The quantitative estimate of drug-likeness (QED) is 0.502. The van der Waals surface area contributed by atoms with E-state index in [0.29, 0.717) is 22.8 Å². The predicted octanol–water partition coefficient (Wildman–Crippen LogP) is 4.53. The highest BCUT2D eigenvalue weighted by Crippen LogP contribution is 2.19. The second-order valence-electron chi connectivity index (χ2n) is 7.29. The summed E-state index contributed by atoms with van der Waals surface area (Å²) in [5.74, 6) is 0.555. The van der Waals surface area contributed by atoms with Crippen LogP contribution in [0.5, 0.6) is 5.75 Å². The van der Waals surface area contributed by atoms with E-state index in [9.17, 15) is 9.59 Å². The lowest BCUT2D eigenvalue weighted by atomic mass is 10.1. The molecule has 31 heavy (non-hydrogen) atoms. The zero-order valence-electron chi connectivity index (χ0n) is 17.3. The molecule has 0 unspecified atom stereocenters. The number of hydrogen-bond donors (Lipinski definition) is 2. The summed E-state index contributed by atoms with van der Waals surface area (Å²) in [4.78, 5) is 29.0. The summed E-state index contributed by atoms with van der Waals surface area (Å²) in [7, 11) is 0. The molecule has 4 aromatic rings. The van der Waals surface area contributed by atoms with Gasteiger partial charge in [0.15, 0.2) is 0 Å². The maximum Gasteiger partial charge on any atom is 0.323 e. The molecule has 2 amide bonds. The normalized spacial score (nSPS) is 10.6. The largest absolute Gasteiger partial charge is 0.487 e. The molecule has 7 heteroatoms. The number of fused-ring (bicyclic) bond motifs is 1. The van der Waals surface area contributed by atoms with Crippen molar-refractivity contribution in [2.45, 2.75) is 20.5 Å². The third kappa shape index (κ3) is 5.08. The predicted molar refractivity (Wildman–Crippen MR) is 121 cm³/mol. The molecule has 2 heterocycles. The molecule has 2 aromatic heterocycles. The van der Waals surface area contributed by atoms with E-state index in [2.05, 4.69) is 15.6 Å². The Hall–Kier alpha value is -4.13. The van der Waals surface area contributed by atoms with E-state index >= 15 is 0 Å². The summed E-state index contributed by atoms with van der Waals surface area (Å²) in [5, 5.41) is 5.64. The first-order valence-corrected chi connectivity index (χ1v) is 9.83. The van der Waals surface area contributed by atoms with Gasteiger partial charge < -0.3 is 15.4 Å². The number of pyridine rings is 1. The number of urea groups is 1. The number of nitrogens with zero attached hydrogens (tertiary/aromatic N) is 2. The standard InChI is InChI=1S/C24H22N4O3/c1-16-10-17(2)12-19(11-16)27-24(30)26-18-6-5-7-21(13-18)31-15-20-14-23(29)28-9-4-3-8-22(28)25-20/h3-14H,15H2,1-2H3,(H2,26,27,30). The minimum absolute atomic E-state index is 0.138. The van der Waals surface area contributed by atoms with Crippen LogP contribution in [0.2, 0.25) is 0 Å². The van der Waals surface area contributed by atoms with Crippen LogP contribution in [0.15, 0.2) is 77.7 Å². The molecule has 4 rings (SSSR count). The Morgan fingerprint density at radius 3 is 2.52 bits per heavy atom. The van der Waals surface area contributed by atoms with Crippen molar-refractivity contribution in [1.29, 1.82) is 0 Å². The van der Waals surface area contributed by atoms with Crippen LogP contribution in [0.1, 0.15) is 16.8 Å². The monoisotopic (exact) mass is 414 g/mol. The molecule has 0 saturated carbocycles. The average Bonchev–Trinajstić information content (AvgIpc) is 2.72. The Balaban J connectivity index is 1.41. The molecule has 0 aliphatic heterocycles. The van der Waals surface area contributed by atoms with E-state index in [4.69, 9.17) is 4.74 Å². The van der Waals surface area contributed by atoms with Crippen LogP contribution in [0, 0.1) is 13.8 Å². The lowest BCUT2D eigenvalue weighted by Crippen LogP contribution is -2.19. The first kappa shape index (κ1) is 20.2. The van der Waals surface area contributed by atoms with Crippen LogP contribution in [0.25, 0.3) is 5.65 Å². The van der Waals surface area contributed by atoms with Crippen molar-refractivity contribution in [2.24, 2.45) is 0 Å². The Labute approximate surface area is 179 Å². The van der Waals surface area contributed by atoms with Crippen molar-refractivity contribution in [3.8, 4) is 5.75 Å². The van der Waals surface area contributed by atoms with Gasteiger partial charge in [0.1, 0.15) is 18.0 Å². The number of aromatic nitrogens is 2. The number of carbonyl (C=O) groups is 1. The van der Waals surface area contributed by atoms with E-state index in [1.54, 1.807) is 42.6 Å². The number of ether oxygens (including phenoxy) is 1. The zero-order chi connectivity index (χ0) is 21.8. The molecule has 0 saturated heterocycles. The van der Waals surface area contributed by atoms with Gasteiger partial charge in [-0.15, -0.1) is 0 Å². The van der Waals surface area contributed by atoms with Gasteiger partial charge >= 0.3 is 6.03 Å². The number of aryl methyl sites for hydroxylation is 2. The maximum atomic E-state index is 12.3. The van der Waals surface area contributed by atoms with Crippen molar-refractivity contribution < 1.29 is 9.53 Å². The molecule has 2 N–H and O–H groups in total. The Bertz CT molecular complexity index is 1290. The van der Waals surface area contributed by atoms with Crippen LogP contribution < -0.4 is 20.9 Å². The number of rotatable bonds is 5. The Morgan fingerprint density at radius 2 is 1.71 bits per heavy atom. The number of anilines is 2. The highest BCUT2D eigenvalue weighted by molar-refractivity contribution is 5.99. The molecule has 0 bridgehead atoms. The third-order valence-corrected chi connectivity index (χ3v) is 4.58. The van der Waals surface area contributed by atoms with Crippen molar-refractivity contribution >= 4 is 23.1 Å². The van der Waals surface area contributed by atoms with Crippen molar-refractivity contribution in [3.63, 3.8) is 0 Å². The molecular weight excluding hydrogens is 392 g/mol. The number of benzene rings is 2. The Morgan fingerprint density at radius 1 is 0.935 bits per heavy atom. The molecule has 0 radical (unpaired) electrons. The van der Waals surface area contributed by atoms with Gasteiger partial charge in [0.05, 0.1) is 5.69 Å². The smallest absolute Gasteiger partial charge is 0.323 e. The first-order chi connectivity index (χ1) is 15.0. The lowest BCUT2D eigenvalue weighted by molar-refractivity contribution is 0.262. The summed E-state index contributed by atoms with van der Waals surface area (Å²) in [6.07, 6.45) is 1.67. The van der Waals surface area contributed by atoms with Gasteiger partial charge in [-0.3, -0.25) is 9.20 Å². The summed E-state index contributed by atoms with van der Waals surface area (Å²) in [6.45, 7) is 4.10. The van der Waals surface area contributed by atoms with E-state index in [-0.39, 0.29) is 18.2 Å². The highest BCUT2D eigenvalue weighted by atomic mass is 16.5. The molecule has 7 nitrogen and oxygen atoms in total. The van der Waals surface area contributed by atoms with E-state index < -0.39 is 0 Å². The molecular formula is C24H22N4O3. The first-order valence-electron chi connectivity index (χ1n) is 9.83. The minimum Gasteiger partial charge on any atom is -0.487 e. The summed E-state index contributed by atoms with van der Waals surface area (Å²) in [6, 6.07) is 19.4. The molecule has 0 aliphatic carbocycles. The fraction of sp³-hybridized carbons (Fsp3) is 0.125. The molecule has 2 aromatic carbocycles. The molecule has 156 valence electrons. The number of carbonyl (C=O) groups excluding carboxylic acids is 1. The van der Waals surface area contributed by atoms with Crippen molar-refractivity contribution in [1.82, 2.24) is 9.38 Å². The number of hydrogen-bond acceptors (Lipinski definition) is 4. The van der Waals surface area contributed by atoms with E-state index in [0.717, 1.165) is 16.8 Å². The van der Waals surface area contributed by atoms with Crippen LogP contribution in [-0.4, -0.2) is 15.4 Å². The summed E-state index contributed by atoms with van der Waals surface area (Å²) < 4.78 is 7.26. The minimum atomic E-state index is -0.341. The second kappa shape index (κ2) is 8.71. The highest BCUT2D eigenvalue weighted by Gasteiger charge is 2.06. The topological polar surface area (TPSA) is 84.7 Å². The van der Waals surface area contributed by atoms with Crippen LogP contribution in [-0.2, 0) is 6.61 Å². The average molecular weight is 414 g/mol. The van der Waals surface area contributed by atoms with Crippen molar-refractivity contribution in [2.75, 3.05) is 10.6 Å². The van der Waals surface area contributed by atoms with Crippen LogP contribution >= 0.6 is 0 Å². The molecule has 0 fully saturated rings. The van der Waals surface area contributed by atoms with Crippen LogP contribution in [0.4, 0.5) is 16.2 Å². The van der Waals surface area contributed by atoms with Gasteiger partial charge in [-0.2, -0.15) is 0 Å². The molecule has 0 aliphatic rings. The lowest BCUT2D eigenvalue weighted by Gasteiger charge is -2.11. The van der Waals surface area contributed by atoms with Gasteiger partial charge in [0, 0.05) is 29.7 Å². The van der Waals surface area contributed by atoms with Gasteiger partial charge in [0.25, 0.3) is 5.56 Å². The molecule has 0 spiro atoms. The summed E-state index contributed by atoms with van der Waals surface area (Å²) in [5.41, 5.74) is 4.40. The zero-order valence-corrected chi connectivity index (χ0v) is 17.3.